The van der Waals surface area contributed by atoms with Gasteiger partial charge in [-0.1, -0.05) is 20.8 Å². The lowest BCUT2D eigenvalue weighted by Gasteiger charge is -2.36. The summed E-state index contributed by atoms with van der Waals surface area (Å²) in [5.41, 5.74) is 0.329. The van der Waals surface area contributed by atoms with Crippen LogP contribution in [0.1, 0.15) is 60.3 Å². The molecule has 20 heavy (non-hydrogen) atoms. The number of carbonyl (C=O) groups is 2. The molecule has 0 aliphatic heterocycles. The number of hydrogen-bond acceptors (Lipinski definition) is 2. The third-order valence-electron chi connectivity index (χ3n) is 4.43. The molecule has 0 saturated heterocycles. The van der Waals surface area contributed by atoms with Gasteiger partial charge in [-0.3, -0.25) is 9.59 Å². The minimum absolute atomic E-state index is 0.0381. The van der Waals surface area contributed by atoms with Gasteiger partial charge >= 0.3 is 0 Å². The molecule has 0 spiro atoms. The zero-order valence-corrected chi connectivity index (χ0v) is 13.6. The third kappa shape index (κ3) is 4.80. The second-order valence-corrected chi connectivity index (χ2v) is 7.04. The smallest absolute Gasteiger partial charge is 0.242 e. The molecule has 0 aromatic rings. The normalized spacial score (nSPS) is 24.9. The molecule has 4 heteroatoms. The van der Waals surface area contributed by atoms with Gasteiger partial charge in [0.05, 0.1) is 0 Å². The fourth-order valence-corrected chi connectivity index (χ4v) is 2.95. The molecule has 0 bridgehead atoms. The Morgan fingerprint density at radius 3 is 2.15 bits per heavy atom. The summed E-state index contributed by atoms with van der Waals surface area (Å²) in [6.45, 7) is 11.0. The van der Waals surface area contributed by atoms with Crippen LogP contribution in [0.5, 0.6) is 0 Å². The van der Waals surface area contributed by atoms with Gasteiger partial charge < -0.3 is 10.6 Å². The molecule has 2 amide bonds. The molecule has 1 atom stereocenters. The fraction of sp³-hybridized carbons (Fsp3) is 0.875. The van der Waals surface area contributed by atoms with Crippen molar-refractivity contribution in [1.29, 1.82) is 0 Å². The van der Waals surface area contributed by atoms with Gasteiger partial charge in [0.15, 0.2) is 0 Å². The predicted molar refractivity (Wildman–Crippen MR) is 81.2 cm³/mol. The average molecular weight is 282 g/mol. The summed E-state index contributed by atoms with van der Waals surface area (Å²) < 4.78 is 0. The maximum Gasteiger partial charge on any atom is 0.242 e. The van der Waals surface area contributed by atoms with Crippen LogP contribution in [0.25, 0.3) is 0 Å². The molecule has 0 heterocycles. The highest BCUT2D eigenvalue weighted by atomic mass is 16.2. The number of nitrogens with one attached hydrogen (secondary N) is 2. The van der Waals surface area contributed by atoms with Gasteiger partial charge in [-0.05, 0) is 50.9 Å². The van der Waals surface area contributed by atoms with Crippen molar-refractivity contribution in [3.05, 3.63) is 0 Å². The molecule has 116 valence electrons. The lowest BCUT2D eigenvalue weighted by molar-refractivity contribution is -0.131. The van der Waals surface area contributed by atoms with Gasteiger partial charge in [0.1, 0.15) is 6.04 Å². The van der Waals surface area contributed by atoms with Gasteiger partial charge in [0.25, 0.3) is 0 Å². The van der Waals surface area contributed by atoms with Crippen molar-refractivity contribution in [2.45, 2.75) is 66.3 Å². The van der Waals surface area contributed by atoms with Crippen LogP contribution in [-0.4, -0.2) is 24.4 Å². The number of amides is 2. The number of hydrogen-bond donors (Lipinski definition) is 2. The van der Waals surface area contributed by atoms with Crippen molar-refractivity contribution >= 4 is 11.8 Å². The summed E-state index contributed by atoms with van der Waals surface area (Å²) in [5, 5.41) is 5.56. The van der Waals surface area contributed by atoms with Crippen LogP contribution in [0.2, 0.25) is 0 Å². The Morgan fingerprint density at radius 2 is 1.70 bits per heavy atom. The van der Waals surface area contributed by atoms with E-state index in [-0.39, 0.29) is 17.7 Å². The van der Waals surface area contributed by atoms with Crippen molar-refractivity contribution in [3.63, 3.8) is 0 Å². The summed E-state index contributed by atoms with van der Waals surface area (Å²) >= 11 is 0. The first-order valence-electron chi connectivity index (χ1n) is 7.83. The molecule has 0 aromatic heterocycles. The molecular formula is C16H30N2O2. The molecular weight excluding hydrogens is 252 g/mol. The first kappa shape index (κ1) is 17.0. The average Bonchev–Trinajstić information content (AvgIpc) is 2.38. The highest BCUT2D eigenvalue weighted by molar-refractivity contribution is 5.88. The molecule has 1 saturated carbocycles. The maximum atomic E-state index is 12.2. The van der Waals surface area contributed by atoms with Gasteiger partial charge in [-0.25, -0.2) is 0 Å². The molecule has 1 aliphatic carbocycles. The van der Waals surface area contributed by atoms with Gasteiger partial charge in [0.2, 0.25) is 11.8 Å². The van der Waals surface area contributed by atoms with E-state index in [2.05, 4.69) is 31.4 Å². The number of likely N-dealkylation sites (N-methyl/N-ethyl adjacent to an activating group) is 1. The second-order valence-electron chi connectivity index (χ2n) is 7.04. The van der Waals surface area contributed by atoms with Gasteiger partial charge in [-0.2, -0.15) is 0 Å². The Labute approximate surface area is 123 Å². The van der Waals surface area contributed by atoms with Gasteiger partial charge in [-0.15, -0.1) is 0 Å². The Kier molecular flexibility index (Phi) is 6.03. The molecule has 1 aliphatic rings. The Balaban J connectivity index is 2.41. The lowest BCUT2D eigenvalue weighted by atomic mass is 9.69. The van der Waals surface area contributed by atoms with Crippen molar-refractivity contribution in [2.24, 2.45) is 17.3 Å². The predicted octanol–water partition coefficient (Wildman–Crippen LogP) is 2.48. The summed E-state index contributed by atoms with van der Waals surface area (Å²) in [5.74, 6) is 0.707. The largest absolute Gasteiger partial charge is 0.355 e. The van der Waals surface area contributed by atoms with Crippen molar-refractivity contribution in [2.75, 3.05) is 6.54 Å². The monoisotopic (exact) mass is 282 g/mol. The number of carbonyl (C=O) groups excluding carboxylic acids is 2. The Morgan fingerprint density at radius 1 is 1.15 bits per heavy atom. The molecule has 2 N–H and O–H groups in total. The topological polar surface area (TPSA) is 58.2 Å². The molecule has 0 aromatic carbocycles. The van der Waals surface area contributed by atoms with Crippen LogP contribution in [0, 0.1) is 17.3 Å². The standard InChI is InChI=1S/C16H30N2O2/c1-6-17-14(19)11(2)18-15(20)12-7-9-13(10-8-12)16(3,4)5/h11-13H,6-10H2,1-5H3,(H,17,19)(H,18,20)/t11-,12?,13?/m1/s1. The first-order valence-corrected chi connectivity index (χ1v) is 7.83. The number of rotatable bonds is 4. The Hall–Kier alpha value is -1.06. The van der Waals surface area contributed by atoms with Crippen molar-refractivity contribution in [1.82, 2.24) is 10.6 Å². The summed E-state index contributed by atoms with van der Waals surface area (Å²) in [6.07, 6.45) is 4.10. The summed E-state index contributed by atoms with van der Waals surface area (Å²) in [4.78, 5) is 23.8. The van der Waals surface area contributed by atoms with E-state index in [1.807, 2.05) is 6.92 Å². The van der Waals surface area contributed by atoms with E-state index in [1.54, 1.807) is 6.92 Å². The van der Waals surface area contributed by atoms with E-state index < -0.39 is 6.04 Å². The van der Waals surface area contributed by atoms with Crippen LogP contribution in [-0.2, 0) is 9.59 Å². The highest BCUT2D eigenvalue weighted by Crippen LogP contribution is 2.39. The SMILES string of the molecule is CCNC(=O)[C@@H](C)NC(=O)C1CCC(C(C)(C)C)CC1. The molecule has 0 unspecified atom stereocenters. The quantitative estimate of drug-likeness (QED) is 0.832. The zero-order valence-electron chi connectivity index (χ0n) is 13.6. The van der Waals surface area contributed by atoms with Crippen LogP contribution in [0.4, 0.5) is 0 Å². The minimum atomic E-state index is -0.442. The minimum Gasteiger partial charge on any atom is -0.355 e. The van der Waals surface area contributed by atoms with E-state index in [4.69, 9.17) is 0 Å². The van der Waals surface area contributed by atoms with E-state index in [9.17, 15) is 9.59 Å². The second kappa shape index (κ2) is 7.09. The lowest BCUT2D eigenvalue weighted by Crippen LogP contribution is -2.47. The van der Waals surface area contributed by atoms with Crippen LogP contribution < -0.4 is 10.6 Å². The summed E-state index contributed by atoms with van der Waals surface area (Å²) in [7, 11) is 0. The first-order chi connectivity index (χ1) is 9.25. The maximum absolute atomic E-state index is 12.2. The van der Waals surface area contributed by atoms with Crippen molar-refractivity contribution < 1.29 is 9.59 Å². The van der Waals surface area contributed by atoms with Crippen LogP contribution >= 0.6 is 0 Å². The molecule has 4 nitrogen and oxygen atoms in total. The van der Waals surface area contributed by atoms with E-state index in [0.717, 1.165) is 25.7 Å². The van der Waals surface area contributed by atoms with Crippen molar-refractivity contribution in [3.8, 4) is 0 Å². The van der Waals surface area contributed by atoms with E-state index >= 15 is 0 Å². The highest BCUT2D eigenvalue weighted by Gasteiger charge is 2.32. The molecule has 1 rings (SSSR count). The van der Waals surface area contributed by atoms with E-state index in [0.29, 0.717) is 17.9 Å². The Bertz CT molecular complexity index is 339. The molecule has 1 fully saturated rings. The van der Waals surface area contributed by atoms with Crippen LogP contribution in [0.15, 0.2) is 0 Å². The van der Waals surface area contributed by atoms with Gasteiger partial charge in [0, 0.05) is 12.5 Å². The zero-order chi connectivity index (χ0) is 15.3. The third-order valence-corrected chi connectivity index (χ3v) is 4.43. The van der Waals surface area contributed by atoms with Crippen LogP contribution in [0.3, 0.4) is 0 Å². The van der Waals surface area contributed by atoms with E-state index in [1.165, 1.54) is 0 Å². The summed E-state index contributed by atoms with van der Waals surface area (Å²) in [6, 6.07) is -0.442. The fourth-order valence-electron chi connectivity index (χ4n) is 2.95. The molecule has 0 radical (unpaired) electrons.